The van der Waals surface area contributed by atoms with Crippen LogP contribution in [0.15, 0.2) is 29.3 Å². The second-order valence-electron chi connectivity index (χ2n) is 5.65. The molecule has 0 radical (unpaired) electrons. The van der Waals surface area contributed by atoms with Gasteiger partial charge in [-0.05, 0) is 49.6 Å². The van der Waals surface area contributed by atoms with E-state index in [1.165, 1.54) is 4.31 Å². The molecule has 0 saturated carbocycles. The summed E-state index contributed by atoms with van der Waals surface area (Å²) in [6, 6.07) is 4.92. The van der Waals surface area contributed by atoms with E-state index in [1.54, 1.807) is 24.4 Å². The van der Waals surface area contributed by atoms with E-state index in [1.807, 2.05) is 13.8 Å². The van der Waals surface area contributed by atoms with Gasteiger partial charge in [-0.3, -0.25) is 0 Å². The van der Waals surface area contributed by atoms with Gasteiger partial charge in [0.2, 0.25) is 16.0 Å². The normalized spacial score (nSPS) is 15.1. The molecule has 3 rings (SSSR count). The molecule has 0 amide bonds. The number of hydrogen-bond acceptors (Lipinski definition) is 6. The number of nitrogens with zero attached hydrogens (tertiary/aromatic N) is 3. The van der Waals surface area contributed by atoms with Crippen LogP contribution in [0.5, 0.6) is 5.75 Å². The summed E-state index contributed by atoms with van der Waals surface area (Å²) in [5.41, 5.74) is 8.01. The molecule has 8 heteroatoms. The molecule has 2 N–H and O–H groups in total. The fourth-order valence-corrected chi connectivity index (χ4v) is 4.24. The van der Waals surface area contributed by atoms with Gasteiger partial charge in [0.05, 0.1) is 23.7 Å². The van der Waals surface area contributed by atoms with E-state index in [4.69, 9.17) is 10.5 Å². The number of benzene rings is 1. The third kappa shape index (κ3) is 3.07. The Hall–Kier alpha value is -2.19. The van der Waals surface area contributed by atoms with Crippen molar-refractivity contribution in [2.75, 3.05) is 18.9 Å². The van der Waals surface area contributed by atoms with E-state index in [0.29, 0.717) is 31.0 Å². The fraction of sp³-hybridized carbons (Fsp3) is 0.375. The lowest BCUT2D eigenvalue weighted by molar-refractivity contribution is 0.337. The third-order valence-corrected chi connectivity index (χ3v) is 5.85. The standard InChI is InChI=1S/C16H20N4O3S/c1-3-23-15-5-4-13(8-11(15)2)24(21,22)20-7-6-12-9-18-16(17)19-14(12)10-20/h4-5,8-9H,3,6-7,10H2,1-2H3,(H2,17,18,19). The zero-order valence-corrected chi connectivity index (χ0v) is 14.5. The van der Waals surface area contributed by atoms with Crippen molar-refractivity contribution in [1.82, 2.24) is 14.3 Å². The minimum Gasteiger partial charge on any atom is -0.494 e. The number of nitrogens with two attached hydrogens (primary N) is 1. The molecule has 2 heterocycles. The lowest BCUT2D eigenvalue weighted by atomic mass is 10.1. The predicted octanol–water partition coefficient (Wildman–Crippen LogP) is 1.51. The first-order valence-corrected chi connectivity index (χ1v) is 9.19. The van der Waals surface area contributed by atoms with E-state index in [9.17, 15) is 8.42 Å². The summed E-state index contributed by atoms with van der Waals surface area (Å²) in [7, 11) is -3.60. The van der Waals surface area contributed by atoms with Gasteiger partial charge in [0.25, 0.3) is 0 Å². The van der Waals surface area contributed by atoms with Crippen molar-refractivity contribution < 1.29 is 13.2 Å². The lowest BCUT2D eigenvalue weighted by Crippen LogP contribution is -2.36. The van der Waals surface area contributed by atoms with Crippen LogP contribution in [0.2, 0.25) is 0 Å². The second-order valence-corrected chi connectivity index (χ2v) is 7.59. The Morgan fingerprint density at radius 2 is 2.17 bits per heavy atom. The average Bonchev–Trinajstić information content (AvgIpc) is 2.56. The molecule has 0 unspecified atom stereocenters. The van der Waals surface area contributed by atoms with E-state index in [2.05, 4.69) is 9.97 Å². The Kier molecular flexibility index (Phi) is 4.42. The van der Waals surface area contributed by atoms with Crippen LogP contribution in [0.3, 0.4) is 0 Å². The topological polar surface area (TPSA) is 98.4 Å². The Balaban J connectivity index is 1.90. The zero-order chi connectivity index (χ0) is 17.3. The molecule has 24 heavy (non-hydrogen) atoms. The van der Waals surface area contributed by atoms with E-state index >= 15 is 0 Å². The van der Waals surface area contributed by atoms with E-state index < -0.39 is 10.0 Å². The minimum absolute atomic E-state index is 0.157. The number of fused-ring (bicyclic) bond motifs is 1. The second kappa shape index (κ2) is 6.37. The lowest BCUT2D eigenvalue weighted by Gasteiger charge is -2.27. The van der Waals surface area contributed by atoms with Crippen molar-refractivity contribution in [3.05, 3.63) is 41.2 Å². The Morgan fingerprint density at radius 3 is 2.88 bits per heavy atom. The fourth-order valence-electron chi connectivity index (χ4n) is 2.75. The van der Waals surface area contributed by atoms with Crippen LogP contribution in [0.4, 0.5) is 5.95 Å². The average molecular weight is 348 g/mol. The van der Waals surface area contributed by atoms with Gasteiger partial charge >= 0.3 is 0 Å². The molecule has 1 aliphatic heterocycles. The van der Waals surface area contributed by atoms with Crippen LogP contribution in [-0.2, 0) is 23.0 Å². The van der Waals surface area contributed by atoms with Gasteiger partial charge in [0.15, 0.2) is 0 Å². The van der Waals surface area contributed by atoms with Crippen LogP contribution in [0, 0.1) is 6.92 Å². The molecule has 128 valence electrons. The predicted molar refractivity (Wildman–Crippen MR) is 90.1 cm³/mol. The maximum atomic E-state index is 12.9. The molecule has 0 bridgehead atoms. The number of hydrogen-bond donors (Lipinski definition) is 1. The molecule has 0 spiro atoms. The molecule has 2 aromatic rings. The van der Waals surface area contributed by atoms with Crippen LogP contribution < -0.4 is 10.5 Å². The van der Waals surface area contributed by atoms with Crippen LogP contribution >= 0.6 is 0 Å². The summed E-state index contributed by atoms with van der Waals surface area (Å²) in [4.78, 5) is 8.39. The Labute approximate surface area is 141 Å². The Bertz CT molecular complexity index is 868. The van der Waals surface area contributed by atoms with Crippen molar-refractivity contribution in [2.45, 2.75) is 31.7 Å². The maximum absolute atomic E-state index is 12.9. The van der Waals surface area contributed by atoms with Gasteiger partial charge in [-0.2, -0.15) is 4.31 Å². The molecule has 0 atom stereocenters. The first-order chi connectivity index (χ1) is 11.4. The van der Waals surface area contributed by atoms with Crippen LogP contribution in [0.1, 0.15) is 23.7 Å². The molecular weight excluding hydrogens is 328 g/mol. The van der Waals surface area contributed by atoms with Crippen LogP contribution in [0.25, 0.3) is 0 Å². The largest absolute Gasteiger partial charge is 0.494 e. The molecule has 1 aromatic carbocycles. The van der Waals surface area contributed by atoms with Gasteiger partial charge in [0.1, 0.15) is 5.75 Å². The molecule has 7 nitrogen and oxygen atoms in total. The first-order valence-electron chi connectivity index (χ1n) is 7.75. The number of anilines is 1. The van der Waals surface area contributed by atoms with Crippen LogP contribution in [-0.4, -0.2) is 35.8 Å². The third-order valence-electron chi connectivity index (χ3n) is 4.01. The summed E-state index contributed by atoms with van der Waals surface area (Å²) in [5, 5.41) is 0. The van der Waals surface area contributed by atoms with Crippen molar-refractivity contribution in [3.63, 3.8) is 0 Å². The molecule has 0 fully saturated rings. The Morgan fingerprint density at radius 1 is 1.38 bits per heavy atom. The minimum atomic E-state index is -3.60. The number of aromatic nitrogens is 2. The highest BCUT2D eigenvalue weighted by Gasteiger charge is 2.29. The quantitative estimate of drug-likeness (QED) is 0.899. The molecule has 1 aliphatic rings. The summed E-state index contributed by atoms with van der Waals surface area (Å²) < 4.78 is 32.7. The zero-order valence-electron chi connectivity index (χ0n) is 13.7. The SMILES string of the molecule is CCOc1ccc(S(=O)(=O)N2CCc3cnc(N)nc3C2)cc1C. The summed E-state index contributed by atoms with van der Waals surface area (Å²) >= 11 is 0. The number of sulfonamides is 1. The summed E-state index contributed by atoms with van der Waals surface area (Å²) in [5.74, 6) is 0.853. The van der Waals surface area contributed by atoms with Gasteiger partial charge in [-0.15, -0.1) is 0 Å². The monoisotopic (exact) mass is 348 g/mol. The molecular formula is C16H20N4O3S. The molecule has 1 aromatic heterocycles. The number of rotatable bonds is 4. The maximum Gasteiger partial charge on any atom is 0.243 e. The highest BCUT2D eigenvalue weighted by molar-refractivity contribution is 7.89. The molecule has 0 saturated heterocycles. The smallest absolute Gasteiger partial charge is 0.243 e. The van der Waals surface area contributed by atoms with Gasteiger partial charge in [-0.1, -0.05) is 0 Å². The van der Waals surface area contributed by atoms with Crippen molar-refractivity contribution in [3.8, 4) is 5.75 Å². The molecule has 0 aliphatic carbocycles. The van der Waals surface area contributed by atoms with Gasteiger partial charge in [0, 0.05) is 12.7 Å². The first kappa shape index (κ1) is 16.7. The number of ether oxygens (including phenoxy) is 1. The number of nitrogen functional groups attached to an aromatic ring is 1. The summed E-state index contributed by atoms with van der Waals surface area (Å²) in [6.45, 7) is 4.87. The highest BCUT2D eigenvalue weighted by atomic mass is 32.2. The van der Waals surface area contributed by atoms with E-state index in [0.717, 1.165) is 11.1 Å². The van der Waals surface area contributed by atoms with Crippen molar-refractivity contribution in [2.24, 2.45) is 0 Å². The van der Waals surface area contributed by atoms with Gasteiger partial charge in [-0.25, -0.2) is 18.4 Å². The van der Waals surface area contributed by atoms with Crippen molar-refractivity contribution in [1.29, 1.82) is 0 Å². The van der Waals surface area contributed by atoms with Gasteiger partial charge < -0.3 is 10.5 Å². The van der Waals surface area contributed by atoms with E-state index in [-0.39, 0.29) is 17.4 Å². The number of aryl methyl sites for hydroxylation is 1. The van der Waals surface area contributed by atoms with Crippen molar-refractivity contribution >= 4 is 16.0 Å². The highest BCUT2D eigenvalue weighted by Crippen LogP contribution is 2.27. The summed E-state index contributed by atoms with van der Waals surface area (Å²) in [6.07, 6.45) is 2.24.